The Morgan fingerprint density at radius 3 is 2.75 bits per heavy atom. The minimum atomic E-state index is -0.641. The Morgan fingerprint density at radius 1 is 1.38 bits per heavy atom. The van der Waals surface area contributed by atoms with Crippen LogP contribution in [0.4, 0.5) is 4.39 Å². The second kappa shape index (κ2) is 4.53. The Balaban J connectivity index is 2.52. The first-order valence-corrected chi connectivity index (χ1v) is 6.24. The maximum absolute atomic E-state index is 13.6. The van der Waals surface area contributed by atoms with Crippen molar-refractivity contribution in [2.45, 2.75) is 6.04 Å². The molecule has 1 atom stereocenters. The zero-order valence-electron chi connectivity index (χ0n) is 8.15. The van der Waals surface area contributed by atoms with Crippen molar-refractivity contribution in [3.05, 3.63) is 50.4 Å². The molecule has 1 heterocycles. The van der Waals surface area contributed by atoms with Crippen LogP contribution < -0.4 is 5.73 Å². The molecule has 0 radical (unpaired) electrons. The minimum absolute atomic E-state index is 0.122. The molecule has 3 N–H and O–H groups in total. The average molecular weight is 302 g/mol. The molecule has 0 aliphatic carbocycles. The Bertz CT molecular complexity index is 501. The topological polar surface area (TPSA) is 46.2 Å². The van der Waals surface area contributed by atoms with Crippen LogP contribution in [0.15, 0.2) is 34.1 Å². The summed E-state index contributed by atoms with van der Waals surface area (Å²) in [6.45, 7) is 0. The molecule has 0 aliphatic heterocycles. The molecule has 0 aliphatic rings. The molecule has 2 aromatic rings. The van der Waals surface area contributed by atoms with Gasteiger partial charge >= 0.3 is 0 Å². The number of aromatic hydroxyl groups is 1. The van der Waals surface area contributed by atoms with Crippen LogP contribution in [0.3, 0.4) is 0 Å². The van der Waals surface area contributed by atoms with Gasteiger partial charge in [0.1, 0.15) is 11.6 Å². The third-order valence-corrected chi connectivity index (χ3v) is 3.87. The summed E-state index contributed by atoms with van der Waals surface area (Å²) >= 11 is 4.57. The van der Waals surface area contributed by atoms with Crippen LogP contribution in [0.1, 0.15) is 16.5 Å². The van der Waals surface area contributed by atoms with Crippen LogP contribution in [0, 0.1) is 5.82 Å². The number of thiophene rings is 1. The van der Waals surface area contributed by atoms with Gasteiger partial charge in [0.15, 0.2) is 0 Å². The molecule has 16 heavy (non-hydrogen) atoms. The normalized spacial score (nSPS) is 12.7. The minimum Gasteiger partial charge on any atom is -0.506 e. The van der Waals surface area contributed by atoms with Crippen molar-refractivity contribution in [3.8, 4) is 5.75 Å². The maximum Gasteiger partial charge on any atom is 0.137 e. The summed E-state index contributed by atoms with van der Waals surface area (Å²) in [6.07, 6.45) is 0. The zero-order chi connectivity index (χ0) is 11.7. The highest BCUT2D eigenvalue weighted by atomic mass is 79.9. The number of phenolic OH excluding ortho intramolecular Hbond substituents is 1. The van der Waals surface area contributed by atoms with Gasteiger partial charge in [-0.05, 0) is 39.5 Å². The SMILES string of the molecule is N[C@H](c1cccs1)c1c(F)ccc(Br)c1O. The molecule has 2 nitrogen and oxygen atoms in total. The van der Waals surface area contributed by atoms with Crippen LogP contribution in [-0.2, 0) is 0 Å². The van der Waals surface area contributed by atoms with E-state index >= 15 is 0 Å². The van der Waals surface area contributed by atoms with Crippen molar-refractivity contribution in [2.24, 2.45) is 5.73 Å². The van der Waals surface area contributed by atoms with Crippen molar-refractivity contribution < 1.29 is 9.50 Å². The number of hydrogen-bond donors (Lipinski definition) is 2. The highest BCUT2D eigenvalue weighted by Gasteiger charge is 2.20. The van der Waals surface area contributed by atoms with E-state index in [-0.39, 0.29) is 11.3 Å². The number of nitrogens with two attached hydrogens (primary N) is 1. The van der Waals surface area contributed by atoms with E-state index in [1.165, 1.54) is 23.5 Å². The van der Waals surface area contributed by atoms with Crippen molar-refractivity contribution in [1.82, 2.24) is 0 Å². The van der Waals surface area contributed by atoms with Gasteiger partial charge in [-0.25, -0.2) is 4.39 Å². The summed E-state index contributed by atoms with van der Waals surface area (Å²) in [6, 6.07) is 5.75. The highest BCUT2D eigenvalue weighted by Crippen LogP contribution is 2.36. The highest BCUT2D eigenvalue weighted by molar-refractivity contribution is 9.10. The number of halogens is 2. The van der Waals surface area contributed by atoms with Gasteiger partial charge in [-0.15, -0.1) is 11.3 Å². The summed E-state index contributed by atoms with van der Waals surface area (Å²) < 4.78 is 14.1. The van der Waals surface area contributed by atoms with E-state index in [1.807, 2.05) is 17.5 Å². The van der Waals surface area contributed by atoms with Gasteiger partial charge in [0.25, 0.3) is 0 Å². The molecule has 0 unspecified atom stereocenters. The first-order valence-electron chi connectivity index (χ1n) is 4.57. The summed E-state index contributed by atoms with van der Waals surface area (Å²) in [7, 11) is 0. The standard InChI is InChI=1S/C11H9BrFNOS/c12-6-3-4-7(13)9(11(6)15)10(14)8-2-1-5-16-8/h1-5,10,15H,14H2/t10-/m1/s1. The van der Waals surface area contributed by atoms with E-state index in [0.29, 0.717) is 4.47 Å². The van der Waals surface area contributed by atoms with E-state index < -0.39 is 11.9 Å². The van der Waals surface area contributed by atoms with Crippen molar-refractivity contribution >= 4 is 27.3 Å². The molecule has 0 fully saturated rings. The molecule has 0 bridgehead atoms. The van der Waals surface area contributed by atoms with E-state index in [1.54, 1.807) is 0 Å². The number of hydrogen-bond acceptors (Lipinski definition) is 3. The fourth-order valence-electron chi connectivity index (χ4n) is 1.46. The number of benzene rings is 1. The second-order valence-corrected chi connectivity index (χ2v) is 5.12. The number of rotatable bonds is 2. The smallest absolute Gasteiger partial charge is 0.137 e. The van der Waals surface area contributed by atoms with Gasteiger partial charge in [-0.1, -0.05) is 6.07 Å². The van der Waals surface area contributed by atoms with Crippen molar-refractivity contribution in [3.63, 3.8) is 0 Å². The fraction of sp³-hybridized carbons (Fsp3) is 0.0909. The van der Waals surface area contributed by atoms with Crippen LogP contribution in [0.5, 0.6) is 5.75 Å². The molecule has 1 aromatic carbocycles. The summed E-state index contributed by atoms with van der Waals surface area (Å²) in [5.74, 6) is -0.637. The lowest BCUT2D eigenvalue weighted by Gasteiger charge is -2.13. The van der Waals surface area contributed by atoms with E-state index in [2.05, 4.69) is 15.9 Å². The quantitative estimate of drug-likeness (QED) is 0.893. The first kappa shape index (κ1) is 11.6. The fourth-order valence-corrected chi connectivity index (χ4v) is 2.54. The monoisotopic (exact) mass is 301 g/mol. The van der Waals surface area contributed by atoms with E-state index in [4.69, 9.17) is 5.73 Å². The van der Waals surface area contributed by atoms with Crippen LogP contribution in [0.2, 0.25) is 0 Å². The van der Waals surface area contributed by atoms with Gasteiger partial charge in [0.2, 0.25) is 0 Å². The predicted molar refractivity (Wildman–Crippen MR) is 66.1 cm³/mol. The van der Waals surface area contributed by atoms with Crippen molar-refractivity contribution in [2.75, 3.05) is 0 Å². The van der Waals surface area contributed by atoms with Gasteiger partial charge in [-0.2, -0.15) is 0 Å². The molecule has 0 spiro atoms. The molecular formula is C11H9BrFNOS. The molecule has 2 rings (SSSR count). The maximum atomic E-state index is 13.6. The Kier molecular flexibility index (Phi) is 3.28. The van der Waals surface area contributed by atoms with Gasteiger partial charge in [-0.3, -0.25) is 0 Å². The van der Waals surface area contributed by atoms with Gasteiger partial charge in [0, 0.05) is 4.88 Å². The lowest BCUT2D eigenvalue weighted by Crippen LogP contribution is -2.12. The van der Waals surface area contributed by atoms with E-state index in [0.717, 1.165) is 4.88 Å². The second-order valence-electron chi connectivity index (χ2n) is 3.28. The molecule has 0 amide bonds. The van der Waals surface area contributed by atoms with Crippen molar-refractivity contribution in [1.29, 1.82) is 0 Å². The lowest BCUT2D eigenvalue weighted by molar-refractivity contribution is 0.451. The summed E-state index contributed by atoms with van der Waals surface area (Å²) in [5.41, 5.74) is 6.04. The van der Waals surface area contributed by atoms with E-state index in [9.17, 15) is 9.50 Å². The van der Waals surface area contributed by atoms with Gasteiger partial charge in [0.05, 0.1) is 16.1 Å². The van der Waals surface area contributed by atoms with Crippen LogP contribution in [-0.4, -0.2) is 5.11 Å². The average Bonchev–Trinajstić information content (AvgIpc) is 2.77. The predicted octanol–water partition coefficient (Wildman–Crippen LogP) is 3.40. The van der Waals surface area contributed by atoms with Crippen LogP contribution in [0.25, 0.3) is 0 Å². The first-order chi connectivity index (χ1) is 7.61. The third-order valence-electron chi connectivity index (χ3n) is 2.28. The molecular weight excluding hydrogens is 293 g/mol. The molecule has 0 saturated carbocycles. The molecule has 84 valence electrons. The Morgan fingerprint density at radius 2 is 2.12 bits per heavy atom. The molecule has 1 aromatic heterocycles. The lowest BCUT2D eigenvalue weighted by atomic mass is 10.0. The molecule has 0 saturated heterocycles. The number of phenols is 1. The Labute approximate surface area is 105 Å². The zero-order valence-corrected chi connectivity index (χ0v) is 10.6. The van der Waals surface area contributed by atoms with Gasteiger partial charge < -0.3 is 10.8 Å². The van der Waals surface area contributed by atoms with Crippen LogP contribution >= 0.6 is 27.3 Å². The third kappa shape index (κ3) is 1.98. The summed E-state index contributed by atoms with van der Waals surface area (Å²) in [4.78, 5) is 0.812. The largest absolute Gasteiger partial charge is 0.506 e. The Hall–Kier alpha value is -0.910. The summed E-state index contributed by atoms with van der Waals surface area (Å²) in [5, 5.41) is 11.6. The molecule has 5 heteroatoms.